The lowest BCUT2D eigenvalue weighted by Crippen LogP contribution is -2.15. The van der Waals surface area contributed by atoms with Crippen LogP contribution in [0.4, 0.5) is 8.78 Å². The molecule has 0 aromatic heterocycles. The minimum atomic E-state index is -0.559. The molecule has 0 unspecified atom stereocenters. The van der Waals surface area contributed by atoms with Crippen LogP contribution in [-0.4, -0.2) is 6.54 Å². The van der Waals surface area contributed by atoms with E-state index in [9.17, 15) is 8.78 Å². The zero-order valence-corrected chi connectivity index (χ0v) is 9.47. The largest absolute Gasteiger partial charge is 0.310 e. The maximum Gasteiger partial charge on any atom is 0.142 e. The first-order valence-electron chi connectivity index (χ1n) is 4.57. The van der Waals surface area contributed by atoms with Crippen molar-refractivity contribution in [1.82, 2.24) is 5.32 Å². The van der Waals surface area contributed by atoms with Crippen molar-refractivity contribution in [3.8, 4) is 0 Å². The van der Waals surface area contributed by atoms with Crippen LogP contribution in [0.3, 0.4) is 0 Å². The number of hydrogen-bond acceptors (Lipinski definition) is 1. The van der Waals surface area contributed by atoms with Crippen LogP contribution >= 0.6 is 24.0 Å². The van der Waals surface area contributed by atoms with Crippen molar-refractivity contribution in [3.63, 3.8) is 0 Å². The van der Waals surface area contributed by atoms with Gasteiger partial charge < -0.3 is 5.32 Å². The summed E-state index contributed by atoms with van der Waals surface area (Å²) in [5, 5.41) is 3.00. The van der Waals surface area contributed by atoms with Crippen LogP contribution in [0.15, 0.2) is 12.1 Å². The fourth-order valence-corrected chi connectivity index (χ4v) is 2.08. The average molecular weight is 254 g/mol. The summed E-state index contributed by atoms with van der Waals surface area (Å²) in [6, 6.07) is 2.03. The van der Waals surface area contributed by atoms with Crippen molar-refractivity contribution in [1.29, 1.82) is 0 Å². The van der Waals surface area contributed by atoms with Gasteiger partial charge in [-0.15, -0.1) is 12.4 Å². The topological polar surface area (TPSA) is 12.0 Å². The normalized spacial score (nSPS) is 20.1. The van der Waals surface area contributed by atoms with Gasteiger partial charge in [0, 0.05) is 11.6 Å². The van der Waals surface area contributed by atoms with Gasteiger partial charge in [-0.05, 0) is 31.5 Å². The Balaban J connectivity index is 0.00000112. The number of halogens is 4. The molecule has 0 saturated carbocycles. The van der Waals surface area contributed by atoms with Gasteiger partial charge in [-0.25, -0.2) is 8.78 Å². The van der Waals surface area contributed by atoms with E-state index in [2.05, 4.69) is 5.32 Å². The van der Waals surface area contributed by atoms with Gasteiger partial charge in [-0.3, -0.25) is 0 Å². The van der Waals surface area contributed by atoms with E-state index in [1.165, 1.54) is 0 Å². The fourth-order valence-electron chi connectivity index (χ4n) is 1.79. The molecule has 1 nitrogen and oxygen atoms in total. The van der Waals surface area contributed by atoms with E-state index in [4.69, 9.17) is 11.6 Å². The maximum atomic E-state index is 13.4. The van der Waals surface area contributed by atoms with Crippen molar-refractivity contribution < 1.29 is 8.78 Å². The van der Waals surface area contributed by atoms with E-state index in [0.717, 1.165) is 31.5 Å². The quantitative estimate of drug-likeness (QED) is 0.756. The number of nitrogens with one attached hydrogen (secondary N) is 1. The standard InChI is InChI=1S/C10H10ClF2N.ClH/c11-10-7(13)4-3-6(12)9(10)8-2-1-5-14-8;/h3-4,8,14H,1-2,5H2;1H/t8-;/m1./s1. The van der Waals surface area contributed by atoms with Gasteiger partial charge in [0.2, 0.25) is 0 Å². The highest BCUT2D eigenvalue weighted by Gasteiger charge is 2.23. The van der Waals surface area contributed by atoms with Crippen LogP contribution in [0, 0.1) is 11.6 Å². The summed E-state index contributed by atoms with van der Waals surface area (Å²) >= 11 is 5.72. The predicted octanol–water partition coefficient (Wildman–Crippen LogP) is 3.46. The molecule has 0 spiro atoms. The molecule has 0 radical (unpaired) electrons. The van der Waals surface area contributed by atoms with Gasteiger partial charge in [0.25, 0.3) is 0 Å². The summed E-state index contributed by atoms with van der Waals surface area (Å²) in [4.78, 5) is 0. The molecule has 1 N–H and O–H groups in total. The second-order valence-electron chi connectivity index (χ2n) is 3.41. The molecule has 1 fully saturated rings. The van der Waals surface area contributed by atoms with E-state index in [0.29, 0.717) is 0 Å². The number of benzene rings is 1. The highest BCUT2D eigenvalue weighted by atomic mass is 35.5. The Labute approximate surface area is 98.2 Å². The number of hydrogen-bond donors (Lipinski definition) is 1. The summed E-state index contributed by atoms with van der Waals surface area (Å²) in [5.74, 6) is -0.993. The van der Waals surface area contributed by atoms with Crippen LogP contribution < -0.4 is 5.32 Å². The van der Waals surface area contributed by atoms with Gasteiger partial charge in [-0.1, -0.05) is 11.6 Å². The van der Waals surface area contributed by atoms with Crippen molar-refractivity contribution in [2.24, 2.45) is 0 Å². The first-order chi connectivity index (χ1) is 6.70. The van der Waals surface area contributed by atoms with Gasteiger partial charge in [0.1, 0.15) is 11.6 Å². The smallest absolute Gasteiger partial charge is 0.142 e. The molecule has 2 rings (SSSR count). The van der Waals surface area contributed by atoms with E-state index < -0.39 is 11.6 Å². The van der Waals surface area contributed by atoms with Crippen LogP contribution in [0.1, 0.15) is 24.4 Å². The summed E-state index contributed by atoms with van der Waals surface area (Å²) in [6.45, 7) is 0.830. The Morgan fingerprint density at radius 2 is 1.93 bits per heavy atom. The highest BCUT2D eigenvalue weighted by molar-refractivity contribution is 6.31. The van der Waals surface area contributed by atoms with Gasteiger partial charge in [0.05, 0.1) is 5.02 Å². The Morgan fingerprint density at radius 1 is 1.27 bits per heavy atom. The number of rotatable bonds is 1. The average Bonchev–Trinajstić information content (AvgIpc) is 2.65. The Bertz CT molecular complexity index is 352. The lowest BCUT2D eigenvalue weighted by Gasteiger charge is -2.13. The Hall–Kier alpha value is -0.380. The lowest BCUT2D eigenvalue weighted by atomic mass is 10.0. The van der Waals surface area contributed by atoms with E-state index >= 15 is 0 Å². The van der Waals surface area contributed by atoms with Crippen LogP contribution in [0.5, 0.6) is 0 Å². The third-order valence-corrected chi connectivity index (χ3v) is 2.87. The lowest BCUT2D eigenvalue weighted by molar-refractivity contribution is 0.544. The van der Waals surface area contributed by atoms with Gasteiger partial charge in [0.15, 0.2) is 0 Å². The molecule has 0 bridgehead atoms. The molecule has 0 amide bonds. The monoisotopic (exact) mass is 253 g/mol. The molecule has 0 aliphatic carbocycles. The summed E-state index contributed by atoms with van der Waals surface area (Å²) in [6.07, 6.45) is 1.77. The fraction of sp³-hybridized carbons (Fsp3) is 0.400. The minimum Gasteiger partial charge on any atom is -0.310 e. The van der Waals surface area contributed by atoms with Gasteiger partial charge >= 0.3 is 0 Å². The summed E-state index contributed by atoms with van der Waals surface area (Å²) in [5.41, 5.74) is 0.268. The molecule has 1 aromatic rings. The Kier molecular flexibility index (Phi) is 4.32. The second kappa shape index (κ2) is 5.10. The molecule has 1 aromatic carbocycles. The van der Waals surface area contributed by atoms with Crippen molar-refractivity contribution >= 4 is 24.0 Å². The predicted molar refractivity (Wildman–Crippen MR) is 58.6 cm³/mol. The van der Waals surface area contributed by atoms with E-state index in [-0.39, 0.29) is 29.0 Å². The molecule has 1 saturated heterocycles. The minimum absolute atomic E-state index is 0. The summed E-state index contributed by atoms with van der Waals surface area (Å²) < 4.78 is 26.5. The first-order valence-corrected chi connectivity index (χ1v) is 4.94. The van der Waals surface area contributed by atoms with Crippen molar-refractivity contribution in [2.75, 3.05) is 6.54 Å². The molecule has 1 heterocycles. The third-order valence-electron chi connectivity index (χ3n) is 2.49. The zero-order chi connectivity index (χ0) is 10.1. The van der Waals surface area contributed by atoms with E-state index in [1.807, 2.05) is 0 Å². The van der Waals surface area contributed by atoms with Gasteiger partial charge in [-0.2, -0.15) is 0 Å². The second-order valence-corrected chi connectivity index (χ2v) is 3.78. The van der Waals surface area contributed by atoms with Crippen LogP contribution in [0.25, 0.3) is 0 Å². The van der Waals surface area contributed by atoms with Crippen LogP contribution in [-0.2, 0) is 0 Å². The molecule has 1 atom stereocenters. The van der Waals surface area contributed by atoms with E-state index in [1.54, 1.807) is 0 Å². The molecule has 1 aliphatic heterocycles. The Morgan fingerprint density at radius 3 is 2.53 bits per heavy atom. The van der Waals surface area contributed by atoms with Crippen LogP contribution in [0.2, 0.25) is 5.02 Å². The third kappa shape index (κ3) is 2.41. The molecular weight excluding hydrogens is 243 g/mol. The molecule has 1 aliphatic rings. The SMILES string of the molecule is Cl.Fc1ccc(F)c([C@H]2CCCN2)c1Cl. The van der Waals surface area contributed by atoms with Crippen molar-refractivity contribution in [3.05, 3.63) is 34.4 Å². The highest BCUT2D eigenvalue weighted by Crippen LogP contribution is 2.32. The first kappa shape index (κ1) is 12.7. The molecule has 84 valence electrons. The molecule has 15 heavy (non-hydrogen) atoms. The molecule has 5 heteroatoms. The maximum absolute atomic E-state index is 13.4. The van der Waals surface area contributed by atoms with Crippen molar-refractivity contribution in [2.45, 2.75) is 18.9 Å². The molecular formula is C10H11Cl2F2N. The zero-order valence-electron chi connectivity index (χ0n) is 7.90. The summed E-state index contributed by atoms with van der Waals surface area (Å²) in [7, 11) is 0.